The van der Waals surface area contributed by atoms with Crippen molar-refractivity contribution in [2.45, 2.75) is 18.4 Å². The van der Waals surface area contributed by atoms with Crippen molar-refractivity contribution in [1.82, 2.24) is 0 Å². The van der Waals surface area contributed by atoms with Gasteiger partial charge in [0.2, 0.25) is 0 Å². The molecule has 0 spiro atoms. The first-order chi connectivity index (χ1) is 6.16. The molecule has 0 amide bonds. The van der Waals surface area contributed by atoms with Crippen molar-refractivity contribution in [3.05, 3.63) is 33.3 Å². The van der Waals surface area contributed by atoms with Gasteiger partial charge in [-0.25, -0.2) is 0 Å². The summed E-state index contributed by atoms with van der Waals surface area (Å²) in [6.45, 7) is 0. The highest BCUT2D eigenvalue weighted by Crippen LogP contribution is 2.49. The van der Waals surface area contributed by atoms with Crippen molar-refractivity contribution in [3.8, 4) is 0 Å². The van der Waals surface area contributed by atoms with E-state index in [-0.39, 0.29) is 5.60 Å². The van der Waals surface area contributed by atoms with Crippen molar-refractivity contribution in [3.63, 3.8) is 0 Å². The zero-order valence-electron chi connectivity index (χ0n) is 7.31. The second kappa shape index (κ2) is 3.26. The zero-order chi connectivity index (χ0) is 9.47. The van der Waals surface area contributed by atoms with E-state index in [0.717, 1.165) is 22.3 Å². The molecule has 1 nitrogen and oxygen atoms in total. The molecule has 70 valence electrons. The van der Waals surface area contributed by atoms with Crippen LogP contribution in [0.1, 0.15) is 18.4 Å². The average molecular weight is 262 g/mol. The number of hydrogen-bond acceptors (Lipinski definition) is 1. The second-order valence-electron chi connectivity index (χ2n) is 3.36. The van der Waals surface area contributed by atoms with Crippen LogP contribution in [0.2, 0.25) is 5.02 Å². The Hall–Kier alpha value is -0.0500. The molecule has 1 aliphatic rings. The third-order valence-electron chi connectivity index (χ3n) is 2.48. The van der Waals surface area contributed by atoms with Crippen molar-refractivity contribution in [2.75, 3.05) is 7.11 Å². The van der Waals surface area contributed by atoms with Crippen LogP contribution in [0, 0.1) is 0 Å². The fourth-order valence-corrected chi connectivity index (χ4v) is 2.40. The van der Waals surface area contributed by atoms with E-state index in [4.69, 9.17) is 16.3 Å². The summed E-state index contributed by atoms with van der Waals surface area (Å²) in [6.07, 6.45) is 2.19. The lowest BCUT2D eigenvalue weighted by molar-refractivity contribution is 0.0789. The quantitative estimate of drug-likeness (QED) is 0.788. The molecule has 0 aromatic heterocycles. The number of benzene rings is 1. The number of ether oxygens (including phenoxy) is 1. The molecule has 0 radical (unpaired) electrons. The maximum atomic E-state index is 5.96. The highest BCUT2D eigenvalue weighted by atomic mass is 79.9. The van der Waals surface area contributed by atoms with Gasteiger partial charge < -0.3 is 4.74 Å². The monoisotopic (exact) mass is 260 g/mol. The Morgan fingerprint density at radius 3 is 2.54 bits per heavy atom. The standard InChI is InChI=1S/C10H10BrClO/c1-13-10(2-3-10)7-4-8(11)6-9(12)5-7/h4-6H,2-3H2,1H3. The van der Waals surface area contributed by atoms with E-state index < -0.39 is 0 Å². The third-order valence-corrected chi connectivity index (χ3v) is 3.16. The molecule has 13 heavy (non-hydrogen) atoms. The summed E-state index contributed by atoms with van der Waals surface area (Å²) in [5.74, 6) is 0. The van der Waals surface area contributed by atoms with Crippen molar-refractivity contribution >= 4 is 27.5 Å². The zero-order valence-corrected chi connectivity index (χ0v) is 9.65. The Bertz CT molecular complexity index is 313. The Morgan fingerprint density at radius 2 is 2.08 bits per heavy atom. The predicted molar refractivity (Wildman–Crippen MR) is 57.1 cm³/mol. The van der Waals surface area contributed by atoms with Gasteiger partial charge in [-0.2, -0.15) is 0 Å². The minimum Gasteiger partial charge on any atom is -0.374 e. The average Bonchev–Trinajstić information content (AvgIpc) is 2.82. The lowest BCUT2D eigenvalue weighted by Crippen LogP contribution is -2.08. The molecule has 0 bridgehead atoms. The van der Waals surface area contributed by atoms with Crippen molar-refractivity contribution < 1.29 is 4.74 Å². The lowest BCUT2D eigenvalue weighted by Gasteiger charge is -2.14. The molecule has 1 aromatic carbocycles. The normalized spacial score (nSPS) is 18.7. The van der Waals surface area contributed by atoms with Crippen LogP contribution < -0.4 is 0 Å². The SMILES string of the molecule is COC1(c2cc(Cl)cc(Br)c2)CC1. The van der Waals surface area contributed by atoms with Gasteiger partial charge in [0.05, 0.1) is 5.60 Å². The molecule has 1 aromatic rings. The van der Waals surface area contributed by atoms with Crippen LogP contribution in [0.15, 0.2) is 22.7 Å². The number of methoxy groups -OCH3 is 1. The van der Waals surface area contributed by atoms with Crippen LogP contribution in [-0.4, -0.2) is 7.11 Å². The largest absolute Gasteiger partial charge is 0.374 e. The Balaban J connectivity index is 2.40. The first kappa shape index (κ1) is 9.50. The smallest absolute Gasteiger partial charge is 0.0930 e. The highest BCUT2D eigenvalue weighted by molar-refractivity contribution is 9.10. The molecule has 1 saturated carbocycles. The topological polar surface area (TPSA) is 9.23 Å². The third kappa shape index (κ3) is 1.76. The first-order valence-corrected chi connectivity index (χ1v) is 5.35. The molecular formula is C10H10BrClO. The van der Waals surface area contributed by atoms with E-state index in [1.165, 1.54) is 5.56 Å². The molecule has 0 unspecified atom stereocenters. The van der Waals surface area contributed by atoms with Gasteiger partial charge in [0, 0.05) is 16.6 Å². The molecule has 0 saturated heterocycles. The Morgan fingerprint density at radius 1 is 1.38 bits per heavy atom. The number of hydrogen-bond donors (Lipinski definition) is 0. The molecule has 0 N–H and O–H groups in total. The molecular weight excluding hydrogens is 251 g/mol. The molecule has 0 atom stereocenters. The number of rotatable bonds is 2. The van der Waals surface area contributed by atoms with Crippen LogP contribution in [0.3, 0.4) is 0 Å². The fourth-order valence-electron chi connectivity index (χ4n) is 1.54. The molecule has 1 fully saturated rings. The van der Waals surface area contributed by atoms with Gasteiger partial charge in [-0.05, 0) is 36.6 Å². The summed E-state index contributed by atoms with van der Waals surface area (Å²) in [7, 11) is 1.75. The second-order valence-corrected chi connectivity index (χ2v) is 4.71. The van der Waals surface area contributed by atoms with Crippen LogP contribution in [0.25, 0.3) is 0 Å². The van der Waals surface area contributed by atoms with E-state index in [1.54, 1.807) is 7.11 Å². The van der Waals surface area contributed by atoms with Crippen molar-refractivity contribution in [2.24, 2.45) is 0 Å². The van der Waals surface area contributed by atoms with E-state index >= 15 is 0 Å². The molecule has 2 rings (SSSR count). The van der Waals surface area contributed by atoms with Crippen LogP contribution in [0.4, 0.5) is 0 Å². The van der Waals surface area contributed by atoms with E-state index in [1.807, 2.05) is 12.1 Å². The van der Waals surface area contributed by atoms with E-state index in [9.17, 15) is 0 Å². The van der Waals surface area contributed by atoms with Gasteiger partial charge in [-0.15, -0.1) is 0 Å². The Kier molecular flexibility index (Phi) is 2.39. The predicted octanol–water partition coefficient (Wildman–Crippen LogP) is 3.74. The van der Waals surface area contributed by atoms with Crippen molar-refractivity contribution in [1.29, 1.82) is 0 Å². The van der Waals surface area contributed by atoms with Crippen LogP contribution in [-0.2, 0) is 10.3 Å². The van der Waals surface area contributed by atoms with Gasteiger partial charge >= 0.3 is 0 Å². The van der Waals surface area contributed by atoms with E-state index in [0.29, 0.717) is 0 Å². The Labute approximate surface area is 91.2 Å². The van der Waals surface area contributed by atoms with E-state index in [2.05, 4.69) is 22.0 Å². The highest BCUT2D eigenvalue weighted by Gasteiger charge is 2.44. The summed E-state index contributed by atoms with van der Waals surface area (Å²) in [4.78, 5) is 0. The minimum atomic E-state index is -0.0482. The van der Waals surface area contributed by atoms with Gasteiger partial charge in [0.15, 0.2) is 0 Å². The summed E-state index contributed by atoms with van der Waals surface area (Å²) >= 11 is 9.38. The molecule has 0 heterocycles. The number of halogens is 2. The summed E-state index contributed by atoms with van der Waals surface area (Å²) < 4.78 is 6.48. The summed E-state index contributed by atoms with van der Waals surface area (Å²) in [6, 6.07) is 5.93. The summed E-state index contributed by atoms with van der Waals surface area (Å²) in [5.41, 5.74) is 1.13. The molecule has 0 aliphatic heterocycles. The van der Waals surface area contributed by atoms with Gasteiger partial charge in [0.1, 0.15) is 0 Å². The molecule has 3 heteroatoms. The molecule has 1 aliphatic carbocycles. The van der Waals surface area contributed by atoms with Gasteiger partial charge in [-0.1, -0.05) is 27.5 Å². The maximum Gasteiger partial charge on any atom is 0.0930 e. The van der Waals surface area contributed by atoms with Gasteiger partial charge in [-0.3, -0.25) is 0 Å². The summed E-state index contributed by atoms with van der Waals surface area (Å²) in [5, 5.41) is 0.757. The maximum absolute atomic E-state index is 5.96. The van der Waals surface area contributed by atoms with Crippen LogP contribution in [0.5, 0.6) is 0 Å². The van der Waals surface area contributed by atoms with Gasteiger partial charge in [0.25, 0.3) is 0 Å². The minimum absolute atomic E-state index is 0.0482. The van der Waals surface area contributed by atoms with Crippen LogP contribution >= 0.6 is 27.5 Å². The fraction of sp³-hybridized carbons (Fsp3) is 0.400. The lowest BCUT2D eigenvalue weighted by atomic mass is 10.1. The first-order valence-electron chi connectivity index (χ1n) is 4.18.